The second kappa shape index (κ2) is 6.86. The number of hydrogen-bond acceptors (Lipinski definition) is 6. The van der Waals surface area contributed by atoms with Crippen LogP contribution in [0.25, 0.3) is 0 Å². The number of rotatable bonds is 2. The number of nitro groups is 1. The van der Waals surface area contributed by atoms with Gasteiger partial charge in [0.15, 0.2) is 18.4 Å². The van der Waals surface area contributed by atoms with E-state index >= 15 is 0 Å². The minimum absolute atomic E-state index is 0.507. The molecule has 0 atom stereocenters. The van der Waals surface area contributed by atoms with Crippen LogP contribution < -0.4 is 26.5 Å². The van der Waals surface area contributed by atoms with Gasteiger partial charge < -0.3 is 0 Å². The minimum Gasteiger partial charge on any atom is -0.261 e. The third-order valence-electron chi connectivity index (χ3n) is 2.03. The molecule has 0 radical (unpaired) electrons. The molecule has 94 valence electrons. The van der Waals surface area contributed by atoms with Crippen molar-refractivity contribution in [2.24, 2.45) is 0 Å². The molecule has 1 aromatic heterocycles. The summed E-state index contributed by atoms with van der Waals surface area (Å²) in [6.07, 6.45) is 3.21. The van der Waals surface area contributed by atoms with Crippen molar-refractivity contribution < 1.29 is 9.49 Å². The van der Waals surface area contributed by atoms with E-state index in [4.69, 9.17) is 0 Å². The van der Waals surface area contributed by atoms with Crippen LogP contribution in [0.15, 0.2) is 30.6 Å². The second-order valence-electron chi connectivity index (χ2n) is 3.64. The number of hydrazine groups is 3. The summed E-state index contributed by atoms with van der Waals surface area (Å²) in [5.74, 6) is 0. The molecule has 1 aliphatic heterocycles. The van der Waals surface area contributed by atoms with E-state index in [0.29, 0.717) is 6.04 Å². The Bertz CT molecular complexity index is 339. The van der Waals surface area contributed by atoms with Gasteiger partial charge >= 0.3 is 6.29 Å². The van der Waals surface area contributed by atoms with Gasteiger partial charge in [-0.3, -0.25) is 10.1 Å². The Morgan fingerprint density at radius 3 is 2.00 bits per heavy atom. The van der Waals surface area contributed by atoms with E-state index in [1.54, 1.807) is 0 Å². The molecule has 8 heteroatoms. The van der Waals surface area contributed by atoms with Gasteiger partial charge in [0.1, 0.15) is 0 Å². The molecule has 2 heterocycles. The number of aromatic nitrogens is 1. The Morgan fingerprint density at radius 2 is 1.71 bits per heavy atom. The summed E-state index contributed by atoms with van der Waals surface area (Å²) in [6.45, 7) is 4.33. The number of nitrogens with zero attached hydrogens (tertiary/aromatic N) is 2. The highest BCUT2D eigenvalue weighted by atomic mass is 16.6. The van der Waals surface area contributed by atoms with Crippen LogP contribution in [-0.2, 0) is 0 Å². The van der Waals surface area contributed by atoms with Gasteiger partial charge in [0, 0.05) is 12.1 Å². The average Bonchev–Trinajstić information content (AvgIpc) is 2.84. The van der Waals surface area contributed by atoms with Crippen molar-refractivity contribution in [3.63, 3.8) is 0 Å². The van der Waals surface area contributed by atoms with Crippen LogP contribution in [-0.4, -0.2) is 11.2 Å². The predicted octanol–water partition coefficient (Wildman–Crippen LogP) is -0.781. The fourth-order valence-electron chi connectivity index (χ4n) is 1.11. The highest BCUT2D eigenvalue weighted by Gasteiger charge is 2.21. The summed E-state index contributed by atoms with van der Waals surface area (Å²) >= 11 is 0. The molecule has 0 unspecified atom stereocenters. The predicted molar refractivity (Wildman–Crippen MR) is 60.3 cm³/mol. The Balaban J connectivity index is 0.000000171. The normalized spacial score (nSPS) is 15.5. The summed E-state index contributed by atoms with van der Waals surface area (Å²) in [7, 11) is 0. The fourth-order valence-corrected chi connectivity index (χ4v) is 1.11. The van der Waals surface area contributed by atoms with Crippen LogP contribution in [0, 0.1) is 10.1 Å². The first-order valence-electron chi connectivity index (χ1n) is 5.21. The van der Waals surface area contributed by atoms with Crippen molar-refractivity contribution in [1.82, 2.24) is 21.9 Å². The maximum Gasteiger partial charge on any atom is 0.349 e. The molecular formula is C9H17N6O2+. The Hall–Kier alpha value is -1.61. The fraction of sp³-hybridized carbons (Fsp3) is 0.444. The van der Waals surface area contributed by atoms with Gasteiger partial charge in [0.05, 0.1) is 4.92 Å². The maximum atomic E-state index is 9.80. The van der Waals surface area contributed by atoms with Crippen molar-refractivity contribution in [2.75, 3.05) is 0 Å². The first kappa shape index (κ1) is 13.5. The molecule has 1 fully saturated rings. The highest BCUT2D eigenvalue weighted by Crippen LogP contribution is 1.88. The summed E-state index contributed by atoms with van der Waals surface area (Å²) < 4.78 is 2.17. The second-order valence-corrected chi connectivity index (χ2v) is 3.64. The van der Waals surface area contributed by atoms with E-state index in [0.717, 1.165) is 0 Å². The highest BCUT2D eigenvalue weighted by molar-refractivity contribution is 4.83. The molecule has 1 aromatic rings. The van der Waals surface area contributed by atoms with Gasteiger partial charge in [-0.2, -0.15) is 21.9 Å². The van der Waals surface area contributed by atoms with Crippen LogP contribution in [0.2, 0.25) is 0 Å². The third kappa shape index (κ3) is 4.83. The lowest BCUT2D eigenvalue weighted by molar-refractivity contribution is -0.716. The van der Waals surface area contributed by atoms with E-state index in [1.165, 1.54) is 0 Å². The summed E-state index contributed by atoms with van der Waals surface area (Å²) in [6, 6.07) is 6.69. The summed E-state index contributed by atoms with van der Waals surface area (Å²) in [5, 5.41) is 9.80. The molecule has 17 heavy (non-hydrogen) atoms. The summed E-state index contributed by atoms with van der Waals surface area (Å²) in [5.41, 5.74) is 9.17. The van der Waals surface area contributed by atoms with Crippen LogP contribution >= 0.6 is 0 Å². The molecule has 0 saturated carbocycles. The minimum atomic E-state index is -0.935. The molecule has 0 amide bonds. The zero-order valence-electron chi connectivity index (χ0n) is 9.75. The van der Waals surface area contributed by atoms with Crippen molar-refractivity contribution in [1.29, 1.82) is 0 Å². The zero-order chi connectivity index (χ0) is 12.7. The quantitative estimate of drug-likeness (QED) is 0.308. The van der Waals surface area contributed by atoms with E-state index in [-0.39, 0.29) is 0 Å². The monoisotopic (exact) mass is 241 g/mol. The van der Waals surface area contributed by atoms with Crippen molar-refractivity contribution in [3.05, 3.63) is 40.7 Å². The van der Waals surface area contributed by atoms with Gasteiger partial charge in [-0.25, -0.2) is 4.57 Å². The molecule has 1 saturated heterocycles. The lowest BCUT2D eigenvalue weighted by atomic mass is 10.3. The summed E-state index contributed by atoms with van der Waals surface area (Å²) in [4.78, 5) is 9.30. The number of nitrogens with one attached hydrogen (secondary N) is 4. The standard InChI is InChI=1S/C8H12N.CH5N5O2/c1-8(2)9-6-4-3-5-7-9;7-6(8)1-2-4-5-3-1/h3-8H,1-2H3;1-5H/q+1;. The first-order chi connectivity index (χ1) is 8.11. The molecule has 1 aliphatic rings. The van der Waals surface area contributed by atoms with Crippen LogP contribution in [0.5, 0.6) is 0 Å². The lowest BCUT2D eigenvalue weighted by Crippen LogP contribution is -2.40. The molecule has 0 spiro atoms. The number of pyridine rings is 1. The smallest absolute Gasteiger partial charge is 0.261 e. The van der Waals surface area contributed by atoms with Crippen LogP contribution in [0.1, 0.15) is 19.9 Å². The number of hydrogen-bond donors (Lipinski definition) is 4. The van der Waals surface area contributed by atoms with Gasteiger partial charge in [0.25, 0.3) is 0 Å². The molecular weight excluding hydrogens is 224 g/mol. The van der Waals surface area contributed by atoms with Gasteiger partial charge in [-0.15, -0.1) is 0 Å². The Kier molecular flexibility index (Phi) is 5.43. The average molecular weight is 241 g/mol. The van der Waals surface area contributed by atoms with E-state index < -0.39 is 11.2 Å². The van der Waals surface area contributed by atoms with Crippen molar-refractivity contribution in [3.8, 4) is 0 Å². The van der Waals surface area contributed by atoms with Gasteiger partial charge in [0.2, 0.25) is 0 Å². The molecule has 8 nitrogen and oxygen atoms in total. The third-order valence-corrected chi connectivity index (χ3v) is 2.03. The van der Waals surface area contributed by atoms with E-state index in [1.807, 2.05) is 18.2 Å². The van der Waals surface area contributed by atoms with Crippen molar-refractivity contribution in [2.45, 2.75) is 26.2 Å². The van der Waals surface area contributed by atoms with E-state index in [2.05, 4.69) is 52.7 Å². The van der Waals surface area contributed by atoms with Crippen LogP contribution in [0.4, 0.5) is 0 Å². The van der Waals surface area contributed by atoms with E-state index in [9.17, 15) is 10.1 Å². The van der Waals surface area contributed by atoms with Gasteiger partial charge in [-0.1, -0.05) is 6.07 Å². The molecule has 0 aromatic carbocycles. The molecule has 0 aliphatic carbocycles. The zero-order valence-corrected chi connectivity index (χ0v) is 9.75. The molecule has 2 rings (SSSR count). The van der Waals surface area contributed by atoms with Crippen molar-refractivity contribution >= 4 is 0 Å². The van der Waals surface area contributed by atoms with Gasteiger partial charge in [-0.05, 0) is 13.8 Å². The largest absolute Gasteiger partial charge is 0.349 e. The molecule has 0 bridgehead atoms. The topological polar surface area (TPSA) is 95.1 Å². The maximum absolute atomic E-state index is 9.80. The Labute approximate surface area is 99.1 Å². The lowest BCUT2D eigenvalue weighted by Gasteiger charge is -1.96. The first-order valence-corrected chi connectivity index (χ1v) is 5.21. The Morgan fingerprint density at radius 1 is 1.18 bits per heavy atom. The SMILES string of the molecule is CC(C)[n+]1ccccc1.O=[N+]([O-])C1NNNN1. The van der Waals surface area contributed by atoms with Crippen LogP contribution in [0.3, 0.4) is 0 Å². The molecule has 4 N–H and O–H groups in total.